The lowest BCUT2D eigenvalue weighted by Gasteiger charge is -2.17. The van der Waals surface area contributed by atoms with E-state index in [-0.39, 0.29) is 0 Å². The Kier molecular flexibility index (Phi) is 2.90. The summed E-state index contributed by atoms with van der Waals surface area (Å²) in [5.41, 5.74) is 1.92. The summed E-state index contributed by atoms with van der Waals surface area (Å²) in [7, 11) is 0. The van der Waals surface area contributed by atoms with Gasteiger partial charge in [0.25, 0.3) is 0 Å². The first kappa shape index (κ1) is 10.5. The molecule has 0 aromatic heterocycles. The molecule has 1 atom stereocenters. The highest BCUT2D eigenvalue weighted by molar-refractivity contribution is 9.09. The Morgan fingerprint density at radius 2 is 1.93 bits per heavy atom. The predicted molar refractivity (Wildman–Crippen MR) is 65.2 cm³/mol. The third kappa shape index (κ3) is 2.14. The van der Waals surface area contributed by atoms with Crippen molar-refractivity contribution in [1.82, 2.24) is 0 Å². The molecule has 0 N–H and O–H groups in total. The quantitative estimate of drug-likeness (QED) is 0.714. The van der Waals surface area contributed by atoms with Crippen LogP contribution in [0.5, 0.6) is 0 Å². The zero-order valence-electron chi connectivity index (χ0n) is 8.26. The van der Waals surface area contributed by atoms with Gasteiger partial charge >= 0.3 is 0 Å². The number of alkyl halides is 1. The van der Waals surface area contributed by atoms with Crippen molar-refractivity contribution in [2.75, 3.05) is 0 Å². The molecular formula is C12H14BrCl. The third-order valence-electron chi connectivity index (χ3n) is 3.21. The molecule has 0 amide bonds. The molecule has 1 fully saturated rings. The van der Waals surface area contributed by atoms with Gasteiger partial charge < -0.3 is 0 Å². The maximum absolute atomic E-state index is 5.85. The van der Waals surface area contributed by atoms with E-state index >= 15 is 0 Å². The third-order valence-corrected chi connectivity index (χ3v) is 4.43. The average Bonchev–Trinajstić information content (AvgIpc) is 2.90. The highest BCUT2D eigenvalue weighted by Gasteiger charge is 2.45. The van der Waals surface area contributed by atoms with Gasteiger partial charge in [-0.05, 0) is 42.4 Å². The monoisotopic (exact) mass is 272 g/mol. The summed E-state index contributed by atoms with van der Waals surface area (Å²) < 4.78 is 0. The van der Waals surface area contributed by atoms with Gasteiger partial charge in [-0.1, -0.05) is 46.6 Å². The van der Waals surface area contributed by atoms with Gasteiger partial charge in [0.05, 0.1) is 0 Å². The van der Waals surface area contributed by atoms with Crippen LogP contribution in [-0.2, 0) is 6.42 Å². The van der Waals surface area contributed by atoms with Crippen LogP contribution in [-0.4, -0.2) is 4.83 Å². The van der Waals surface area contributed by atoms with E-state index in [0.717, 1.165) is 5.02 Å². The normalized spacial score (nSPS) is 20.5. The van der Waals surface area contributed by atoms with Gasteiger partial charge in [0.1, 0.15) is 0 Å². The molecule has 1 unspecified atom stereocenters. The lowest BCUT2D eigenvalue weighted by Crippen LogP contribution is -2.15. The van der Waals surface area contributed by atoms with E-state index in [1.165, 1.54) is 24.8 Å². The highest BCUT2D eigenvalue weighted by Crippen LogP contribution is 2.53. The van der Waals surface area contributed by atoms with Crippen LogP contribution in [0.1, 0.15) is 25.3 Å². The smallest absolute Gasteiger partial charge is 0.0406 e. The lowest BCUT2D eigenvalue weighted by atomic mass is 9.94. The van der Waals surface area contributed by atoms with Crippen LogP contribution in [0, 0.1) is 5.41 Å². The van der Waals surface area contributed by atoms with E-state index in [2.05, 4.69) is 35.0 Å². The summed E-state index contributed by atoms with van der Waals surface area (Å²) in [5.74, 6) is 0. The second kappa shape index (κ2) is 3.86. The summed E-state index contributed by atoms with van der Waals surface area (Å²) in [6, 6.07) is 8.23. The first-order chi connectivity index (χ1) is 6.62. The van der Waals surface area contributed by atoms with Crippen molar-refractivity contribution < 1.29 is 0 Å². The number of benzene rings is 1. The number of hydrogen-bond donors (Lipinski definition) is 0. The second-order valence-electron chi connectivity index (χ2n) is 4.28. The zero-order valence-corrected chi connectivity index (χ0v) is 10.6. The minimum atomic E-state index is 0.522. The van der Waals surface area contributed by atoms with E-state index in [1.807, 2.05) is 12.1 Å². The van der Waals surface area contributed by atoms with Crippen LogP contribution in [0.2, 0.25) is 5.02 Å². The fourth-order valence-electron chi connectivity index (χ4n) is 1.88. The van der Waals surface area contributed by atoms with Crippen LogP contribution < -0.4 is 0 Å². The first-order valence-corrected chi connectivity index (χ1v) is 6.30. The molecule has 2 rings (SSSR count). The van der Waals surface area contributed by atoms with Crippen molar-refractivity contribution in [3.63, 3.8) is 0 Å². The van der Waals surface area contributed by atoms with Crippen molar-refractivity contribution in [2.45, 2.75) is 31.0 Å². The van der Waals surface area contributed by atoms with E-state index < -0.39 is 0 Å². The Morgan fingerprint density at radius 3 is 2.36 bits per heavy atom. The fraction of sp³-hybridized carbons (Fsp3) is 0.500. The standard InChI is InChI=1S/C12H14BrCl/c1-9(13)12(6-7-12)8-10-2-4-11(14)5-3-10/h2-5,9H,6-8H2,1H3. The molecule has 1 aromatic carbocycles. The van der Waals surface area contributed by atoms with E-state index in [1.54, 1.807) is 0 Å². The Labute approximate surface area is 98.8 Å². The van der Waals surface area contributed by atoms with Crippen LogP contribution in [0.25, 0.3) is 0 Å². The minimum Gasteiger partial charge on any atom is -0.0888 e. The molecule has 0 saturated heterocycles. The summed E-state index contributed by atoms with van der Waals surface area (Å²) in [4.78, 5) is 0.616. The van der Waals surface area contributed by atoms with Crippen molar-refractivity contribution in [1.29, 1.82) is 0 Å². The summed E-state index contributed by atoms with van der Waals surface area (Å²) in [6.07, 6.45) is 3.88. The van der Waals surface area contributed by atoms with Gasteiger partial charge in [-0.2, -0.15) is 0 Å². The van der Waals surface area contributed by atoms with Crippen LogP contribution in [0.15, 0.2) is 24.3 Å². The van der Waals surface area contributed by atoms with Crippen molar-refractivity contribution in [3.05, 3.63) is 34.9 Å². The molecular weight excluding hydrogens is 259 g/mol. The molecule has 0 heterocycles. The molecule has 76 valence electrons. The molecule has 0 nitrogen and oxygen atoms in total. The maximum atomic E-state index is 5.85. The van der Waals surface area contributed by atoms with Gasteiger partial charge in [-0.3, -0.25) is 0 Å². The predicted octanol–water partition coefficient (Wildman–Crippen LogP) is 4.45. The van der Waals surface area contributed by atoms with Gasteiger partial charge in [-0.25, -0.2) is 0 Å². The Hall–Kier alpha value is -0.0100. The molecule has 1 aliphatic rings. The van der Waals surface area contributed by atoms with E-state index in [4.69, 9.17) is 11.6 Å². The van der Waals surface area contributed by atoms with E-state index in [9.17, 15) is 0 Å². The molecule has 2 heteroatoms. The first-order valence-electron chi connectivity index (χ1n) is 5.01. The fourth-order valence-corrected chi connectivity index (χ4v) is 2.63. The molecule has 1 aliphatic carbocycles. The zero-order chi connectivity index (χ0) is 10.2. The van der Waals surface area contributed by atoms with Crippen LogP contribution in [0.3, 0.4) is 0 Å². The maximum Gasteiger partial charge on any atom is 0.0406 e. The molecule has 0 bridgehead atoms. The van der Waals surface area contributed by atoms with Crippen LogP contribution >= 0.6 is 27.5 Å². The van der Waals surface area contributed by atoms with Crippen molar-refractivity contribution in [2.24, 2.45) is 5.41 Å². The Morgan fingerprint density at radius 1 is 1.36 bits per heavy atom. The molecule has 0 spiro atoms. The van der Waals surface area contributed by atoms with Gasteiger partial charge in [0.15, 0.2) is 0 Å². The Bertz CT molecular complexity index is 312. The average molecular weight is 274 g/mol. The largest absolute Gasteiger partial charge is 0.0888 e. The topological polar surface area (TPSA) is 0 Å². The number of rotatable bonds is 3. The summed E-state index contributed by atoms with van der Waals surface area (Å²) in [6.45, 7) is 2.25. The highest BCUT2D eigenvalue weighted by atomic mass is 79.9. The van der Waals surface area contributed by atoms with Gasteiger partial charge in [0, 0.05) is 9.85 Å². The minimum absolute atomic E-state index is 0.522. The van der Waals surface area contributed by atoms with E-state index in [0.29, 0.717) is 10.2 Å². The van der Waals surface area contributed by atoms with Crippen LogP contribution in [0.4, 0.5) is 0 Å². The number of halogens is 2. The molecule has 0 radical (unpaired) electrons. The second-order valence-corrected chi connectivity index (χ2v) is 6.09. The summed E-state index contributed by atoms with van der Waals surface area (Å²) >= 11 is 9.56. The lowest BCUT2D eigenvalue weighted by molar-refractivity contribution is 0.509. The number of hydrogen-bond acceptors (Lipinski definition) is 0. The van der Waals surface area contributed by atoms with Crippen molar-refractivity contribution >= 4 is 27.5 Å². The van der Waals surface area contributed by atoms with Gasteiger partial charge in [0.2, 0.25) is 0 Å². The molecule has 1 saturated carbocycles. The Balaban J connectivity index is 2.08. The molecule has 1 aromatic rings. The molecule has 0 aliphatic heterocycles. The SMILES string of the molecule is CC(Br)C1(Cc2ccc(Cl)cc2)CC1. The molecule has 14 heavy (non-hydrogen) atoms. The van der Waals surface area contributed by atoms with Gasteiger partial charge in [-0.15, -0.1) is 0 Å². The van der Waals surface area contributed by atoms with Crippen molar-refractivity contribution in [3.8, 4) is 0 Å². The summed E-state index contributed by atoms with van der Waals surface area (Å²) in [5, 5.41) is 0.825.